The van der Waals surface area contributed by atoms with Crippen molar-refractivity contribution in [1.82, 2.24) is 30.2 Å². The summed E-state index contributed by atoms with van der Waals surface area (Å²) < 4.78 is 25.8. The first-order valence-electron chi connectivity index (χ1n) is 19.1. The normalized spacial score (nSPS) is 11.4. The van der Waals surface area contributed by atoms with Crippen LogP contribution in [-0.2, 0) is 18.6 Å². The minimum Gasteiger partial charge on any atom is -0.486 e. The van der Waals surface area contributed by atoms with Gasteiger partial charge in [0.1, 0.15) is 29.4 Å². The van der Waals surface area contributed by atoms with Crippen LogP contribution in [0.25, 0.3) is 33.5 Å². The van der Waals surface area contributed by atoms with E-state index in [4.69, 9.17) is 34.9 Å². The average Bonchev–Trinajstić information content (AvgIpc) is 3.78. The van der Waals surface area contributed by atoms with Gasteiger partial charge in [-0.1, -0.05) is 146 Å². The predicted molar refractivity (Wildman–Crippen MR) is 223 cm³/mol. The smallest absolute Gasteiger partial charge is 0.220 e. The molecule has 0 fully saturated rings. The Morgan fingerprint density at radius 3 is 1.84 bits per heavy atom. The van der Waals surface area contributed by atoms with Gasteiger partial charge in [-0.3, -0.25) is 4.98 Å². The number of fused-ring (bicyclic) bond motifs is 1. The van der Waals surface area contributed by atoms with Crippen molar-refractivity contribution in [3.05, 3.63) is 216 Å². The van der Waals surface area contributed by atoms with E-state index in [-0.39, 0.29) is 5.82 Å². The SMILES string of the molecule is CCc1cc(OCc2ccc(-c3ccccc3-c3nnn(C(c4ccccc4)(c4ccccc4)c4ccccc4)n3)cc2)c2nc(Oc3ccc(F)cc3)ccc2n1. The Morgan fingerprint density at radius 2 is 1.22 bits per heavy atom. The zero-order valence-corrected chi connectivity index (χ0v) is 31.6. The van der Waals surface area contributed by atoms with Crippen LogP contribution in [-0.4, -0.2) is 30.2 Å². The molecule has 0 aliphatic rings. The van der Waals surface area contributed by atoms with E-state index in [1.807, 2.05) is 84.9 Å². The number of nitrogens with zero attached hydrogens (tertiary/aromatic N) is 6. The van der Waals surface area contributed by atoms with E-state index in [9.17, 15) is 4.39 Å². The third-order valence-corrected chi connectivity index (χ3v) is 10.2. The molecule has 0 atom stereocenters. The fourth-order valence-electron chi connectivity index (χ4n) is 7.30. The van der Waals surface area contributed by atoms with Gasteiger partial charge in [0.25, 0.3) is 0 Å². The van der Waals surface area contributed by atoms with Crippen molar-refractivity contribution in [1.29, 1.82) is 0 Å². The summed E-state index contributed by atoms with van der Waals surface area (Å²) in [7, 11) is 0. The third-order valence-electron chi connectivity index (χ3n) is 10.2. The molecule has 0 radical (unpaired) electrons. The van der Waals surface area contributed by atoms with E-state index in [0.29, 0.717) is 40.8 Å². The van der Waals surface area contributed by atoms with Crippen LogP contribution in [0.3, 0.4) is 0 Å². The number of rotatable bonds is 12. The molecular weight excluding hydrogens is 724 g/mol. The molecule has 3 aromatic heterocycles. The summed E-state index contributed by atoms with van der Waals surface area (Å²) in [5.74, 6) is 1.63. The van der Waals surface area contributed by atoms with E-state index in [1.54, 1.807) is 23.0 Å². The number of aryl methyl sites for hydroxylation is 1. The summed E-state index contributed by atoms with van der Waals surface area (Å²) in [6.45, 7) is 2.36. The van der Waals surface area contributed by atoms with Crippen LogP contribution >= 0.6 is 0 Å². The van der Waals surface area contributed by atoms with Gasteiger partial charge in [-0.15, -0.1) is 15.0 Å². The maximum absolute atomic E-state index is 13.5. The van der Waals surface area contributed by atoms with Crippen molar-refractivity contribution >= 4 is 11.0 Å². The first-order valence-corrected chi connectivity index (χ1v) is 19.1. The number of hydrogen-bond donors (Lipinski definition) is 0. The first kappa shape index (κ1) is 36.1. The molecule has 8 nitrogen and oxygen atoms in total. The fourth-order valence-corrected chi connectivity index (χ4v) is 7.30. The zero-order valence-electron chi connectivity index (χ0n) is 31.6. The van der Waals surface area contributed by atoms with Crippen molar-refractivity contribution in [2.75, 3.05) is 0 Å². The number of pyridine rings is 2. The number of tetrazole rings is 1. The molecule has 9 rings (SSSR count). The highest BCUT2D eigenvalue weighted by atomic mass is 19.1. The summed E-state index contributed by atoms with van der Waals surface area (Å²) in [6.07, 6.45) is 0.739. The molecule has 0 amide bonds. The molecule has 3 heterocycles. The molecular formula is C49H37FN6O2. The van der Waals surface area contributed by atoms with E-state index in [0.717, 1.165) is 51.1 Å². The molecule has 0 spiro atoms. The Balaban J connectivity index is 1.01. The van der Waals surface area contributed by atoms with Gasteiger partial charge in [-0.05, 0) is 75.3 Å². The Hall–Kier alpha value is -7.52. The average molecular weight is 761 g/mol. The Labute approximate surface area is 335 Å². The van der Waals surface area contributed by atoms with E-state index in [1.165, 1.54) is 12.1 Å². The topological polar surface area (TPSA) is 87.8 Å². The zero-order chi connectivity index (χ0) is 39.3. The minimum atomic E-state index is -0.879. The van der Waals surface area contributed by atoms with Gasteiger partial charge in [-0.25, -0.2) is 9.37 Å². The molecule has 282 valence electrons. The highest BCUT2D eigenvalue weighted by Crippen LogP contribution is 2.40. The van der Waals surface area contributed by atoms with Gasteiger partial charge in [0, 0.05) is 23.4 Å². The highest BCUT2D eigenvalue weighted by molar-refractivity contribution is 5.82. The predicted octanol–water partition coefficient (Wildman–Crippen LogP) is 10.9. The monoisotopic (exact) mass is 760 g/mol. The fraction of sp³-hybridized carbons (Fsp3) is 0.0816. The second-order valence-corrected chi connectivity index (χ2v) is 13.8. The molecule has 6 aromatic carbocycles. The van der Waals surface area contributed by atoms with E-state index < -0.39 is 5.54 Å². The van der Waals surface area contributed by atoms with Gasteiger partial charge >= 0.3 is 0 Å². The lowest BCUT2D eigenvalue weighted by atomic mass is 9.77. The lowest BCUT2D eigenvalue weighted by Gasteiger charge is -2.34. The highest BCUT2D eigenvalue weighted by Gasteiger charge is 2.41. The number of hydrogen-bond acceptors (Lipinski definition) is 7. The van der Waals surface area contributed by atoms with Crippen LogP contribution in [0.5, 0.6) is 17.4 Å². The lowest BCUT2D eigenvalue weighted by Crippen LogP contribution is -2.39. The summed E-state index contributed by atoms with van der Waals surface area (Å²) in [4.78, 5) is 11.2. The number of benzene rings is 6. The van der Waals surface area contributed by atoms with Crippen molar-refractivity contribution in [3.63, 3.8) is 0 Å². The van der Waals surface area contributed by atoms with Crippen molar-refractivity contribution in [2.24, 2.45) is 0 Å². The van der Waals surface area contributed by atoms with Gasteiger partial charge < -0.3 is 9.47 Å². The largest absolute Gasteiger partial charge is 0.486 e. The van der Waals surface area contributed by atoms with Crippen molar-refractivity contribution < 1.29 is 13.9 Å². The minimum absolute atomic E-state index is 0.311. The Bertz CT molecular complexity index is 2700. The van der Waals surface area contributed by atoms with Crippen LogP contribution in [0, 0.1) is 5.82 Å². The molecule has 0 bridgehead atoms. The molecule has 0 aliphatic heterocycles. The summed E-state index contributed by atoms with van der Waals surface area (Å²) >= 11 is 0. The molecule has 0 saturated heterocycles. The standard InChI is InChI=1S/C49H37FN6O2/c1-2-40-32-45(47-44(51-40)30-31-46(52-47)58-41-28-26-39(50)27-29-41)57-33-34-22-24-35(25-23-34)42-20-12-13-21-43(42)48-53-55-56(54-48)49(36-14-6-3-7-15-36,37-16-8-4-9-17-37)38-18-10-5-11-19-38/h3-32H,2,33H2,1H3. The quantitative estimate of drug-likeness (QED) is 0.115. The van der Waals surface area contributed by atoms with E-state index in [2.05, 4.69) is 73.7 Å². The van der Waals surface area contributed by atoms with Crippen molar-refractivity contribution in [3.8, 4) is 39.9 Å². The van der Waals surface area contributed by atoms with Crippen LogP contribution < -0.4 is 9.47 Å². The lowest BCUT2D eigenvalue weighted by molar-refractivity contribution is 0.308. The van der Waals surface area contributed by atoms with Crippen LogP contribution in [0.2, 0.25) is 0 Å². The van der Waals surface area contributed by atoms with E-state index >= 15 is 0 Å². The Kier molecular flexibility index (Phi) is 9.92. The second-order valence-electron chi connectivity index (χ2n) is 13.8. The van der Waals surface area contributed by atoms with Crippen LogP contribution in [0.4, 0.5) is 4.39 Å². The maximum atomic E-state index is 13.5. The van der Waals surface area contributed by atoms with Gasteiger partial charge in [0.2, 0.25) is 11.7 Å². The summed E-state index contributed by atoms with van der Waals surface area (Å²) in [6, 6.07) is 58.7. The molecule has 9 heteroatoms. The molecule has 58 heavy (non-hydrogen) atoms. The second kappa shape index (κ2) is 15.9. The molecule has 9 aromatic rings. The van der Waals surface area contributed by atoms with Gasteiger partial charge in [-0.2, -0.15) is 0 Å². The number of halogens is 1. The summed E-state index contributed by atoms with van der Waals surface area (Å²) in [5, 5.41) is 14.6. The third kappa shape index (κ3) is 7.05. The molecule has 0 N–H and O–H groups in total. The van der Waals surface area contributed by atoms with Crippen LogP contribution in [0.15, 0.2) is 182 Å². The maximum Gasteiger partial charge on any atom is 0.220 e. The number of ether oxygens (including phenoxy) is 2. The van der Waals surface area contributed by atoms with Gasteiger partial charge in [0.15, 0.2) is 5.54 Å². The van der Waals surface area contributed by atoms with Crippen LogP contribution in [0.1, 0.15) is 34.9 Å². The molecule has 0 unspecified atom stereocenters. The summed E-state index contributed by atoms with van der Waals surface area (Å²) in [5.41, 5.74) is 8.16. The van der Waals surface area contributed by atoms with Crippen molar-refractivity contribution in [2.45, 2.75) is 25.5 Å². The molecule has 0 aliphatic carbocycles. The number of aromatic nitrogens is 6. The van der Waals surface area contributed by atoms with Gasteiger partial charge in [0.05, 0.1) is 5.52 Å². The Morgan fingerprint density at radius 1 is 0.621 bits per heavy atom. The first-order chi connectivity index (χ1) is 28.6. The molecule has 0 saturated carbocycles.